The fourth-order valence-corrected chi connectivity index (χ4v) is 2.51. The van der Waals surface area contributed by atoms with Crippen LogP contribution in [-0.2, 0) is 10.9 Å². The Kier molecular flexibility index (Phi) is 6.19. The third-order valence-electron chi connectivity index (χ3n) is 3.60. The van der Waals surface area contributed by atoms with Crippen molar-refractivity contribution in [3.63, 3.8) is 0 Å². The summed E-state index contributed by atoms with van der Waals surface area (Å²) in [6, 6.07) is 14.8. The molecule has 0 bridgehead atoms. The van der Waals surface area contributed by atoms with Crippen molar-refractivity contribution in [1.82, 2.24) is 0 Å². The summed E-state index contributed by atoms with van der Waals surface area (Å²) in [5.74, 6) is -0.183. The molecule has 0 amide bonds. The van der Waals surface area contributed by atoms with Gasteiger partial charge in [-0.05, 0) is 23.6 Å². The van der Waals surface area contributed by atoms with Crippen molar-refractivity contribution in [2.75, 3.05) is 19.8 Å². The Morgan fingerprint density at radius 1 is 0.913 bits per heavy atom. The predicted octanol–water partition coefficient (Wildman–Crippen LogP) is 4.24. The largest absolute Gasteiger partial charge is 0.416 e. The lowest BCUT2D eigenvalue weighted by Crippen LogP contribution is -2.10. The van der Waals surface area contributed by atoms with E-state index in [0.717, 1.165) is 11.6 Å². The van der Waals surface area contributed by atoms with Crippen molar-refractivity contribution >= 4 is 0 Å². The van der Waals surface area contributed by atoms with Gasteiger partial charge in [0.25, 0.3) is 0 Å². The number of hydrogen-bond acceptors (Lipinski definition) is 2. The molecule has 124 valence electrons. The minimum absolute atomic E-state index is 0.0699. The third-order valence-corrected chi connectivity index (χ3v) is 3.60. The molecule has 0 aliphatic heterocycles. The lowest BCUT2D eigenvalue weighted by molar-refractivity contribution is -0.137. The van der Waals surface area contributed by atoms with Gasteiger partial charge in [-0.15, -0.1) is 0 Å². The molecule has 2 rings (SSSR count). The van der Waals surface area contributed by atoms with Gasteiger partial charge in [-0.25, -0.2) is 0 Å². The number of aliphatic hydroxyl groups is 1. The van der Waals surface area contributed by atoms with Gasteiger partial charge in [-0.3, -0.25) is 0 Å². The SMILES string of the molecule is OCCOCCC(c1ccccc1)c1cccc(C(F)(F)F)c1. The van der Waals surface area contributed by atoms with Gasteiger partial charge in [0.1, 0.15) is 0 Å². The fraction of sp³-hybridized carbons (Fsp3) is 0.333. The molecule has 2 aromatic rings. The van der Waals surface area contributed by atoms with Gasteiger partial charge >= 0.3 is 6.18 Å². The molecular weight excluding hydrogens is 305 g/mol. The normalized spacial score (nSPS) is 13.0. The highest BCUT2D eigenvalue weighted by Gasteiger charge is 2.31. The van der Waals surface area contributed by atoms with E-state index in [0.29, 0.717) is 18.6 Å². The van der Waals surface area contributed by atoms with E-state index in [-0.39, 0.29) is 19.1 Å². The third kappa shape index (κ3) is 5.08. The average molecular weight is 324 g/mol. The fourth-order valence-electron chi connectivity index (χ4n) is 2.51. The van der Waals surface area contributed by atoms with Crippen molar-refractivity contribution in [3.05, 3.63) is 71.3 Å². The van der Waals surface area contributed by atoms with Gasteiger partial charge in [-0.2, -0.15) is 13.2 Å². The van der Waals surface area contributed by atoms with Crippen molar-refractivity contribution in [1.29, 1.82) is 0 Å². The summed E-state index contributed by atoms with van der Waals surface area (Å²) in [6.07, 6.45) is -3.81. The standard InChI is InChI=1S/C18H19F3O2/c19-18(20,21)16-8-4-7-15(13-16)17(9-11-23-12-10-22)14-5-2-1-3-6-14/h1-8,13,17,22H,9-12H2. The molecule has 0 spiro atoms. The minimum Gasteiger partial charge on any atom is -0.394 e. The number of hydrogen-bond donors (Lipinski definition) is 1. The summed E-state index contributed by atoms with van der Waals surface area (Å²) < 4.78 is 44.1. The highest BCUT2D eigenvalue weighted by molar-refractivity contribution is 5.35. The Morgan fingerprint density at radius 3 is 2.26 bits per heavy atom. The summed E-state index contributed by atoms with van der Waals surface area (Å²) in [5.41, 5.74) is 0.908. The van der Waals surface area contributed by atoms with Gasteiger partial charge in [0.15, 0.2) is 0 Å². The highest BCUT2D eigenvalue weighted by atomic mass is 19.4. The maximum Gasteiger partial charge on any atom is 0.416 e. The van der Waals surface area contributed by atoms with Gasteiger partial charge < -0.3 is 9.84 Å². The summed E-state index contributed by atoms with van der Waals surface area (Å²) in [6.45, 7) is 0.528. The van der Waals surface area contributed by atoms with Crippen LogP contribution in [0.4, 0.5) is 13.2 Å². The highest BCUT2D eigenvalue weighted by Crippen LogP contribution is 2.34. The van der Waals surface area contributed by atoms with E-state index in [1.165, 1.54) is 12.1 Å². The zero-order chi connectivity index (χ0) is 16.7. The molecule has 1 atom stereocenters. The van der Waals surface area contributed by atoms with Crippen LogP contribution in [0.25, 0.3) is 0 Å². The second-order valence-corrected chi connectivity index (χ2v) is 5.21. The average Bonchev–Trinajstić information content (AvgIpc) is 2.55. The van der Waals surface area contributed by atoms with Gasteiger partial charge in [-0.1, -0.05) is 48.5 Å². The zero-order valence-electron chi connectivity index (χ0n) is 12.6. The second kappa shape index (κ2) is 8.13. The Hall–Kier alpha value is -1.85. The molecule has 0 aliphatic carbocycles. The number of alkyl halides is 3. The molecule has 0 aliphatic rings. The Morgan fingerprint density at radius 2 is 1.61 bits per heavy atom. The summed E-state index contributed by atoms with van der Waals surface area (Å²) in [4.78, 5) is 0. The molecule has 1 N–H and O–H groups in total. The molecule has 5 heteroatoms. The molecule has 23 heavy (non-hydrogen) atoms. The van der Waals surface area contributed by atoms with Crippen LogP contribution in [0.2, 0.25) is 0 Å². The Balaban J connectivity index is 2.26. The van der Waals surface area contributed by atoms with Crippen LogP contribution in [-0.4, -0.2) is 24.9 Å². The predicted molar refractivity (Wildman–Crippen MR) is 82.3 cm³/mol. The minimum atomic E-state index is -4.36. The monoisotopic (exact) mass is 324 g/mol. The Labute approximate surface area is 133 Å². The van der Waals surface area contributed by atoms with Crippen LogP contribution < -0.4 is 0 Å². The molecule has 2 nitrogen and oxygen atoms in total. The first-order valence-electron chi connectivity index (χ1n) is 7.43. The number of rotatable bonds is 7. The van der Waals surface area contributed by atoms with Gasteiger partial charge in [0, 0.05) is 12.5 Å². The molecule has 0 saturated carbocycles. The smallest absolute Gasteiger partial charge is 0.394 e. The topological polar surface area (TPSA) is 29.5 Å². The molecule has 2 aromatic carbocycles. The summed E-state index contributed by atoms with van der Waals surface area (Å²) >= 11 is 0. The quantitative estimate of drug-likeness (QED) is 0.772. The first-order valence-corrected chi connectivity index (χ1v) is 7.43. The molecule has 1 unspecified atom stereocenters. The van der Waals surface area contributed by atoms with E-state index in [2.05, 4.69) is 0 Å². The van der Waals surface area contributed by atoms with Crippen molar-refractivity contribution < 1.29 is 23.0 Å². The van der Waals surface area contributed by atoms with Gasteiger partial charge in [0.05, 0.1) is 18.8 Å². The molecular formula is C18H19F3O2. The summed E-state index contributed by atoms with van der Waals surface area (Å²) in [7, 11) is 0. The van der Waals surface area contributed by atoms with E-state index >= 15 is 0 Å². The van der Waals surface area contributed by atoms with E-state index in [1.54, 1.807) is 6.07 Å². The van der Waals surface area contributed by atoms with Crippen LogP contribution in [0.1, 0.15) is 29.0 Å². The maximum absolute atomic E-state index is 12.9. The Bertz CT molecular complexity index is 597. The van der Waals surface area contributed by atoms with E-state index in [4.69, 9.17) is 9.84 Å². The molecule has 0 radical (unpaired) electrons. The van der Waals surface area contributed by atoms with E-state index < -0.39 is 11.7 Å². The molecule has 0 saturated heterocycles. The zero-order valence-corrected chi connectivity index (χ0v) is 12.6. The summed E-state index contributed by atoms with van der Waals surface area (Å²) in [5, 5.41) is 8.74. The van der Waals surface area contributed by atoms with Crippen LogP contribution in [0, 0.1) is 0 Å². The van der Waals surface area contributed by atoms with E-state index in [1.807, 2.05) is 30.3 Å². The number of ether oxygens (including phenoxy) is 1. The van der Waals surface area contributed by atoms with Crippen LogP contribution in [0.5, 0.6) is 0 Å². The van der Waals surface area contributed by atoms with Crippen molar-refractivity contribution in [2.45, 2.75) is 18.5 Å². The van der Waals surface area contributed by atoms with Crippen LogP contribution >= 0.6 is 0 Å². The van der Waals surface area contributed by atoms with Gasteiger partial charge in [0.2, 0.25) is 0 Å². The first kappa shape index (κ1) is 17.5. The maximum atomic E-state index is 12.9. The lowest BCUT2D eigenvalue weighted by Gasteiger charge is -2.19. The number of benzene rings is 2. The first-order chi connectivity index (χ1) is 11.0. The van der Waals surface area contributed by atoms with Crippen LogP contribution in [0.15, 0.2) is 54.6 Å². The van der Waals surface area contributed by atoms with E-state index in [9.17, 15) is 13.2 Å². The molecule has 0 fully saturated rings. The molecule has 0 heterocycles. The second-order valence-electron chi connectivity index (χ2n) is 5.21. The lowest BCUT2D eigenvalue weighted by atomic mass is 9.88. The van der Waals surface area contributed by atoms with Crippen molar-refractivity contribution in [3.8, 4) is 0 Å². The number of aliphatic hydroxyl groups excluding tert-OH is 1. The van der Waals surface area contributed by atoms with Crippen molar-refractivity contribution in [2.24, 2.45) is 0 Å². The number of halogens is 3. The molecule has 0 aromatic heterocycles. The van der Waals surface area contributed by atoms with Crippen LogP contribution in [0.3, 0.4) is 0 Å².